The van der Waals surface area contributed by atoms with E-state index in [-0.39, 0.29) is 0 Å². The lowest BCUT2D eigenvalue weighted by Crippen LogP contribution is -2.02. The third-order valence-corrected chi connectivity index (χ3v) is 2.01. The van der Waals surface area contributed by atoms with Crippen LogP contribution in [0.5, 0.6) is 5.75 Å². The molecule has 16 heavy (non-hydrogen) atoms. The number of aliphatic imine (C=N–C) groups is 1. The third-order valence-electron chi connectivity index (χ3n) is 1.88. The van der Waals surface area contributed by atoms with Gasteiger partial charge in [0.2, 0.25) is 0 Å². The van der Waals surface area contributed by atoms with Crippen LogP contribution in [0, 0.1) is 0 Å². The molecule has 0 aliphatic rings. The highest BCUT2D eigenvalue weighted by atomic mass is 32.1. The zero-order valence-corrected chi connectivity index (χ0v) is 9.78. The Morgan fingerprint density at radius 3 is 2.75 bits per heavy atom. The second-order valence-corrected chi connectivity index (χ2v) is 3.06. The van der Waals surface area contributed by atoms with Crippen molar-refractivity contribution in [3.05, 3.63) is 23.8 Å². The molecule has 0 heterocycles. The van der Waals surface area contributed by atoms with E-state index >= 15 is 0 Å². The average Bonchev–Trinajstić information content (AvgIpc) is 2.35. The number of rotatable bonds is 4. The molecule has 0 fully saturated rings. The Bertz CT molecular complexity index is 429. The number of nitrogens with zero attached hydrogens (tertiary/aromatic N) is 1. The molecule has 1 aromatic rings. The zero-order valence-electron chi connectivity index (χ0n) is 8.97. The maximum Gasteiger partial charge on any atom is 0.340 e. The first kappa shape index (κ1) is 12.3. The van der Waals surface area contributed by atoms with E-state index in [1.54, 1.807) is 18.2 Å². The Morgan fingerprint density at radius 1 is 1.44 bits per heavy atom. The molecule has 0 amide bonds. The number of esters is 1. The maximum absolute atomic E-state index is 11.5. The van der Waals surface area contributed by atoms with Gasteiger partial charge in [-0.2, -0.15) is 0 Å². The lowest BCUT2D eigenvalue weighted by atomic mass is 10.1. The standard InChI is InChI=1S/C11H11NO3S/c1-14-8-3-4-10(12-5-6-16)9(7-8)11(13)15-2/h3-7H,1-2H3. The second-order valence-electron chi connectivity index (χ2n) is 2.79. The molecule has 0 aliphatic carbocycles. The van der Waals surface area contributed by atoms with Gasteiger partial charge >= 0.3 is 5.97 Å². The molecule has 0 spiro atoms. The van der Waals surface area contributed by atoms with Gasteiger partial charge in [0.1, 0.15) is 5.75 Å². The molecule has 1 rings (SSSR count). The minimum absolute atomic E-state index is 0.343. The molecule has 1 aromatic carbocycles. The van der Waals surface area contributed by atoms with Gasteiger partial charge in [0.25, 0.3) is 0 Å². The monoisotopic (exact) mass is 237 g/mol. The van der Waals surface area contributed by atoms with Gasteiger partial charge in [-0.15, -0.1) is 0 Å². The van der Waals surface area contributed by atoms with E-state index in [2.05, 4.69) is 21.9 Å². The van der Waals surface area contributed by atoms with Crippen molar-refractivity contribution in [2.45, 2.75) is 0 Å². The van der Waals surface area contributed by atoms with Crippen LogP contribution in [0.15, 0.2) is 23.2 Å². The molecule has 0 N–H and O–H groups in total. The minimum Gasteiger partial charge on any atom is -0.497 e. The molecular formula is C11H11NO3S. The van der Waals surface area contributed by atoms with E-state index < -0.39 is 5.97 Å². The molecule has 0 aliphatic heterocycles. The summed E-state index contributed by atoms with van der Waals surface area (Å²) in [6.07, 6.45) is 1.43. The first-order chi connectivity index (χ1) is 7.72. The summed E-state index contributed by atoms with van der Waals surface area (Å²) in [6, 6.07) is 4.95. The number of carbonyl (C=O) groups is 1. The summed E-state index contributed by atoms with van der Waals surface area (Å²) >= 11 is 4.62. The van der Waals surface area contributed by atoms with Gasteiger partial charge in [0.05, 0.1) is 25.5 Å². The summed E-state index contributed by atoms with van der Waals surface area (Å²) in [6.45, 7) is 0. The number of hydrogen-bond acceptors (Lipinski definition) is 5. The molecule has 0 bridgehead atoms. The van der Waals surface area contributed by atoms with Gasteiger partial charge in [-0.3, -0.25) is 4.99 Å². The molecule has 84 valence electrons. The molecule has 0 aromatic heterocycles. The number of ether oxygens (including phenoxy) is 2. The summed E-state index contributed by atoms with van der Waals surface area (Å²) < 4.78 is 9.67. The van der Waals surface area contributed by atoms with Gasteiger partial charge < -0.3 is 9.47 Å². The third kappa shape index (κ3) is 2.87. The van der Waals surface area contributed by atoms with E-state index in [4.69, 9.17) is 4.74 Å². The number of hydrogen-bond donors (Lipinski definition) is 0. The van der Waals surface area contributed by atoms with E-state index in [0.29, 0.717) is 17.0 Å². The fraction of sp³-hybridized carbons (Fsp3) is 0.182. The normalized spacial score (nSPS) is 10.1. The largest absolute Gasteiger partial charge is 0.497 e. The Morgan fingerprint density at radius 2 is 2.19 bits per heavy atom. The van der Waals surface area contributed by atoms with Crippen molar-refractivity contribution in [2.24, 2.45) is 4.99 Å². The molecule has 0 saturated heterocycles. The molecule has 5 heteroatoms. The molecule has 0 radical (unpaired) electrons. The van der Waals surface area contributed by atoms with Crippen LogP contribution >= 0.6 is 12.2 Å². The Labute approximate surface area is 98.9 Å². The van der Waals surface area contributed by atoms with Crippen LogP contribution in [-0.4, -0.2) is 31.8 Å². The summed E-state index contributed by atoms with van der Waals surface area (Å²) in [5.41, 5.74) is 0.837. The minimum atomic E-state index is -0.463. The lowest BCUT2D eigenvalue weighted by Gasteiger charge is -2.06. The highest BCUT2D eigenvalue weighted by Crippen LogP contribution is 2.24. The Kier molecular flexibility index (Phi) is 4.60. The number of thiocarbonyl (C=S) groups is 1. The number of methoxy groups -OCH3 is 2. The van der Waals surface area contributed by atoms with Crippen molar-refractivity contribution in [1.82, 2.24) is 0 Å². The van der Waals surface area contributed by atoms with Gasteiger partial charge in [-0.25, -0.2) is 4.79 Å². The van der Waals surface area contributed by atoms with Gasteiger partial charge in [0, 0.05) is 11.6 Å². The highest BCUT2D eigenvalue weighted by molar-refractivity contribution is 7.80. The number of carbonyl (C=O) groups excluding carboxylic acids is 1. The lowest BCUT2D eigenvalue weighted by molar-refractivity contribution is 0.0601. The molecular weight excluding hydrogens is 226 g/mol. The van der Waals surface area contributed by atoms with Crippen LogP contribution in [0.1, 0.15) is 10.4 Å². The van der Waals surface area contributed by atoms with Gasteiger partial charge in [-0.05, 0) is 18.2 Å². The van der Waals surface area contributed by atoms with Crippen LogP contribution < -0.4 is 4.74 Å². The topological polar surface area (TPSA) is 47.9 Å². The van der Waals surface area contributed by atoms with Crippen LogP contribution in [-0.2, 0) is 4.74 Å². The highest BCUT2D eigenvalue weighted by Gasteiger charge is 2.12. The van der Waals surface area contributed by atoms with Crippen LogP contribution in [0.3, 0.4) is 0 Å². The van der Waals surface area contributed by atoms with Crippen LogP contribution in [0.2, 0.25) is 0 Å². The predicted molar refractivity (Wildman–Crippen MR) is 66.1 cm³/mol. The molecule has 0 saturated carbocycles. The quantitative estimate of drug-likeness (QED) is 0.457. The first-order valence-corrected chi connectivity index (χ1v) is 4.94. The van der Waals surface area contributed by atoms with E-state index in [1.165, 1.54) is 25.8 Å². The number of benzene rings is 1. The van der Waals surface area contributed by atoms with Crippen molar-refractivity contribution in [3.63, 3.8) is 0 Å². The maximum atomic E-state index is 11.5. The molecule has 4 nitrogen and oxygen atoms in total. The predicted octanol–water partition coefficient (Wildman–Crippen LogP) is 2.18. The van der Waals surface area contributed by atoms with Crippen molar-refractivity contribution in [3.8, 4) is 5.75 Å². The van der Waals surface area contributed by atoms with Gasteiger partial charge in [0.15, 0.2) is 0 Å². The Hall–Kier alpha value is -1.75. The summed E-state index contributed by atoms with van der Waals surface area (Å²) in [4.78, 5) is 15.5. The summed E-state index contributed by atoms with van der Waals surface area (Å²) in [5, 5.41) is 1.37. The second kappa shape index (κ2) is 5.97. The Balaban J connectivity index is 3.20. The first-order valence-electron chi connectivity index (χ1n) is 4.47. The molecule has 0 atom stereocenters. The fourth-order valence-corrected chi connectivity index (χ4v) is 1.20. The average molecular weight is 237 g/mol. The van der Waals surface area contributed by atoms with Crippen LogP contribution in [0.25, 0.3) is 0 Å². The summed E-state index contributed by atoms with van der Waals surface area (Å²) in [7, 11) is 2.84. The smallest absolute Gasteiger partial charge is 0.340 e. The van der Waals surface area contributed by atoms with Crippen LogP contribution in [0.4, 0.5) is 5.69 Å². The summed E-state index contributed by atoms with van der Waals surface area (Å²) in [5.74, 6) is 0.108. The molecule has 0 unspecified atom stereocenters. The van der Waals surface area contributed by atoms with Crippen molar-refractivity contribution in [2.75, 3.05) is 14.2 Å². The van der Waals surface area contributed by atoms with Crippen molar-refractivity contribution >= 4 is 35.5 Å². The zero-order chi connectivity index (χ0) is 12.0. The van der Waals surface area contributed by atoms with Gasteiger partial charge in [-0.1, -0.05) is 12.2 Å². The fourth-order valence-electron chi connectivity index (χ4n) is 1.14. The van der Waals surface area contributed by atoms with Crippen molar-refractivity contribution < 1.29 is 14.3 Å². The SMILES string of the molecule is COC(=O)c1cc(OC)ccc1N=CC=S. The van der Waals surface area contributed by atoms with E-state index in [0.717, 1.165) is 0 Å². The van der Waals surface area contributed by atoms with E-state index in [1.807, 2.05) is 0 Å². The van der Waals surface area contributed by atoms with Crippen molar-refractivity contribution in [1.29, 1.82) is 0 Å². The van der Waals surface area contributed by atoms with E-state index in [9.17, 15) is 4.79 Å².